The first-order valence-corrected chi connectivity index (χ1v) is 7.19. The summed E-state index contributed by atoms with van der Waals surface area (Å²) in [5.74, 6) is -0.524. The highest BCUT2D eigenvalue weighted by molar-refractivity contribution is 5.96. The van der Waals surface area contributed by atoms with Gasteiger partial charge in [0, 0.05) is 24.4 Å². The van der Waals surface area contributed by atoms with Crippen LogP contribution in [0.1, 0.15) is 24.3 Å². The molecule has 22 heavy (non-hydrogen) atoms. The van der Waals surface area contributed by atoms with Crippen LogP contribution >= 0.6 is 0 Å². The summed E-state index contributed by atoms with van der Waals surface area (Å²) in [5.41, 5.74) is 0.365. The minimum Gasteiger partial charge on any atom is -0.359 e. The molecule has 0 saturated heterocycles. The highest BCUT2D eigenvalue weighted by Crippen LogP contribution is 2.16. The molecule has 1 N–H and O–H groups in total. The Morgan fingerprint density at radius 3 is 2.82 bits per heavy atom. The largest absolute Gasteiger partial charge is 0.359 e. The highest BCUT2D eigenvalue weighted by atomic mass is 16.8. The number of aromatic nitrogens is 3. The maximum Gasteiger partial charge on any atom is 0.300 e. The Labute approximate surface area is 128 Å². The number of carbonyl (C=O) groups excluding carboxylic acids is 1. The van der Waals surface area contributed by atoms with Gasteiger partial charge in [-0.05, 0) is 30.1 Å². The van der Waals surface area contributed by atoms with E-state index in [1.807, 2.05) is 0 Å². The van der Waals surface area contributed by atoms with Crippen molar-refractivity contribution in [1.82, 2.24) is 20.4 Å². The second-order valence-corrected chi connectivity index (χ2v) is 4.63. The van der Waals surface area contributed by atoms with Gasteiger partial charge in [-0.15, -0.1) is 0 Å². The topological polar surface area (TPSA) is 98.2 Å². The van der Waals surface area contributed by atoms with E-state index in [9.17, 15) is 10.0 Å². The van der Waals surface area contributed by atoms with Gasteiger partial charge in [0.15, 0.2) is 0 Å². The minimum absolute atomic E-state index is 0.108. The average Bonchev–Trinajstić information content (AvgIpc) is 2.94. The summed E-state index contributed by atoms with van der Waals surface area (Å²) >= 11 is 0. The van der Waals surface area contributed by atoms with Crippen molar-refractivity contribution in [2.45, 2.75) is 13.8 Å². The van der Waals surface area contributed by atoms with E-state index in [0.29, 0.717) is 18.8 Å². The van der Waals surface area contributed by atoms with Crippen LogP contribution in [0, 0.1) is 5.21 Å². The average molecular weight is 305 g/mol. The molecule has 0 aliphatic heterocycles. The fraction of sp³-hybridized carbons (Fsp3) is 0.429. The van der Waals surface area contributed by atoms with Crippen LogP contribution in [0.15, 0.2) is 29.0 Å². The van der Waals surface area contributed by atoms with Gasteiger partial charge in [-0.1, -0.05) is 19.9 Å². The molecule has 0 unspecified atom stereocenters. The van der Waals surface area contributed by atoms with Crippen LogP contribution in [0.3, 0.4) is 0 Å². The molecule has 0 atom stereocenters. The van der Waals surface area contributed by atoms with Crippen LogP contribution in [0.4, 0.5) is 0 Å². The van der Waals surface area contributed by atoms with E-state index in [1.165, 1.54) is 0 Å². The van der Waals surface area contributed by atoms with Crippen molar-refractivity contribution in [3.8, 4) is 11.4 Å². The third-order valence-electron chi connectivity index (χ3n) is 3.34. The maximum atomic E-state index is 12.2. The highest BCUT2D eigenvalue weighted by Gasteiger charge is 2.28. The molecule has 8 heteroatoms. The lowest BCUT2D eigenvalue weighted by atomic mass is 10.2. The van der Waals surface area contributed by atoms with Gasteiger partial charge in [0.1, 0.15) is 5.69 Å². The quantitative estimate of drug-likeness (QED) is 0.745. The number of carbonyl (C=O) groups is 1. The van der Waals surface area contributed by atoms with E-state index >= 15 is 0 Å². The van der Waals surface area contributed by atoms with E-state index in [4.69, 9.17) is 0 Å². The van der Waals surface area contributed by atoms with Crippen LogP contribution in [0.25, 0.3) is 11.4 Å². The Hall–Kier alpha value is -2.48. The van der Waals surface area contributed by atoms with Gasteiger partial charge >= 0.3 is 0 Å². The summed E-state index contributed by atoms with van der Waals surface area (Å²) in [5, 5.41) is 18.0. The molecule has 0 spiro atoms. The third kappa shape index (κ3) is 3.59. The molecule has 2 heterocycles. The van der Waals surface area contributed by atoms with Crippen LogP contribution in [-0.4, -0.2) is 47.1 Å². The second kappa shape index (κ2) is 7.51. The van der Waals surface area contributed by atoms with Crippen molar-refractivity contribution in [2.24, 2.45) is 0 Å². The molecule has 0 saturated carbocycles. The van der Waals surface area contributed by atoms with E-state index in [0.717, 1.165) is 13.1 Å². The van der Waals surface area contributed by atoms with Crippen LogP contribution in [0.5, 0.6) is 0 Å². The molecule has 0 aromatic carbocycles. The molecule has 2 aromatic heterocycles. The van der Waals surface area contributed by atoms with Gasteiger partial charge in [0.05, 0.1) is 0 Å². The van der Waals surface area contributed by atoms with Gasteiger partial charge in [-0.25, -0.2) is 0 Å². The van der Waals surface area contributed by atoms with Crippen LogP contribution in [-0.2, 0) is 0 Å². The van der Waals surface area contributed by atoms with Gasteiger partial charge < -0.3 is 15.4 Å². The maximum absolute atomic E-state index is 12.2. The van der Waals surface area contributed by atoms with Crippen molar-refractivity contribution in [1.29, 1.82) is 0 Å². The van der Waals surface area contributed by atoms with Crippen LogP contribution < -0.4 is 10.2 Å². The molecule has 8 nitrogen and oxygen atoms in total. The lowest BCUT2D eigenvalue weighted by molar-refractivity contribution is -0.803. The van der Waals surface area contributed by atoms with E-state index in [-0.39, 0.29) is 16.3 Å². The number of hydrogen-bond donors (Lipinski definition) is 1. The van der Waals surface area contributed by atoms with Gasteiger partial charge in [0.2, 0.25) is 0 Å². The SMILES string of the molecule is CCN(CC)CCNC(=O)c1c(-c2ccccn2)no[n+]1[O-]. The summed E-state index contributed by atoms with van der Waals surface area (Å²) in [4.78, 5) is 18.6. The van der Waals surface area contributed by atoms with Crippen molar-refractivity contribution >= 4 is 5.91 Å². The standard InChI is InChI=1S/C14H19N5O3/c1-3-18(4-2)10-9-16-14(20)13-12(17-22-19(13)21)11-7-5-6-8-15-11/h5-8H,3-4,9-10H2,1-2H3,(H,16,20). The lowest BCUT2D eigenvalue weighted by Crippen LogP contribution is -2.40. The normalized spacial score (nSPS) is 10.9. The number of pyridine rings is 1. The Bertz CT molecular complexity index is 610. The molecule has 0 fully saturated rings. The molecule has 0 radical (unpaired) electrons. The van der Waals surface area contributed by atoms with Crippen molar-refractivity contribution in [3.05, 3.63) is 35.3 Å². The molecule has 118 valence electrons. The van der Waals surface area contributed by atoms with Crippen molar-refractivity contribution in [3.63, 3.8) is 0 Å². The molecule has 2 aromatic rings. The Balaban J connectivity index is 2.09. The zero-order valence-electron chi connectivity index (χ0n) is 12.7. The summed E-state index contributed by atoms with van der Waals surface area (Å²) < 4.78 is 4.54. The summed E-state index contributed by atoms with van der Waals surface area (Å²) in [7, 11) is 0. The number of amides is 1. The zero-order chi connectivity index (χ0) is 15.9. The summed E-state index contributed by atoms with van der Waals surface area (Å²) in [6, 6.07) is 5.14. The number of nitrogens with zero attached hydrogens (tertiary/aromatic N) is 4. The van der Waals surface area contributed by atoms with Crippen LogP contribution in [0.2, 0.25) is 0 Å². The predicted octanol–water partition coefficient (Wildman–Crippen LogP) is 0.442. The van der Waals surface area contributed by atoms with Crippen molar-refractivity contribution in [2.75, 3.05) is 26.2 Å². The van der Waals surface area contributed by atoms with Gasteiger partial charge in [-0.3, -0.25) is 14.4 Å². The first kappa shape index (κ1) is 15.9. The van der Waals surface area contributed by atoms with E-state index in [1.54, 1.807) is 24.4 Å². The molecular formula is C14H19N5O3. The Kier molecular flexibility index (Phi) is 5.42. The second-order valence-electron chi connectivity index (χ2n) is 4.63. The fourth-order valence-electron chi connectivity index (χ4n) is 2.06. The van der Waals surface area contributed by atoms with Gasteiger partial charge in [-0.2, -0.15) is 0 Å². The lowest BCUT2D eigenvalue weighted by Gasteiger charge is -2.17. The fourth-order valence-corrected chi connectivity index (χ4v) is 2.06. The smallest absolute Gasteiger partial charge is 0.300 e. The summed E-state index contributed by atoms with van der Waals surface area (Å²) in [6.45, 7) is 7.06. The predicted molar refractivity (Wildman–Crippen MR) is 78.8 cm³/mol. The summed E-state index contributed by atoms with van der Waals surface area (Å²) in [6.07, 6.45) is 1.56. The number of rotatable bonds is 7. The molecule has 1 amide bonds. The van der Waals surface area contributed by atoms with Gasteiger partial charge in [0.25, 0.3) is 17.3 Å². The molecular weight excluding hydrogens is 286 g/mol. The zero-order valence-corrected chi connectivity index (χ0v) is 12.7. The number of nitrogens with one attached hydrogen (secondary N) is 1. The molecule has 0 bridgehead atoms. The first-order chi connectivity index (χ1) is 10.7. The molecule has 2 rings (SSSR count). The third-order valence-corrected chi connectivity index (χ3v) is 3.34. The van der Waals surface area contributed by atoms with E-state index < -0.39 is 5.91 Å². The number of likely N-dealkylation sites (N-methyl/N-ethyl adjacent to an activating group) is 1. The monoisotopic (exact) mass is 305 g/mol. The molecule has 0 aliphatic carbocycles. The first-order valence-electron chi connectivity index (χ1n) is 7.19. The minimum atomic E-state index is -0.524. The Morgan fingerprint density at radius 2 is 2.18 bits per heavy atom. The van der Waals surface area contributed by atoms with E-state index in [2.05, 4.69) is 38.8 Å². The molecule has 0 aliphatic rings. The number of hydrogen-bond acceptors (Lipinski definition) is 6. The van der Waals surface area contributed by atoms with Crippen molar-refractivity contribution < 1.29 is 14.3 Å². The Morgan fingerprint density at radius 1 is 1.41 bits per heavy atom.